The van der Waals surface area contributed by atoms with Crippen LogP contribution in [0, 0.1) is 0 Å². The standard InChI is InChI=1S/C22H19BrN2O5/c1-4-5-14-10-13(12-18(29-2)19(14)30-3)11-17-20(26)24-22(28)25(21(17)27)16-8-6-15(23)7-9-16/h4,6-12H,1,5H2,2-3H3,(H,24,26,28)/b17-11-. The van der Waals surface area contributed by atoms with Crippen LogP contribution in [0.5, 0.6) is 11.5 Å². The van der Waals surface area contributed by atoms with Gasteiger partial charge in [-0.3, -0.25) is 14.9 Å². The first-order valence-corrected chi connectivity index (χ1v) is 9.71. The van der Waals surface area contributed by atoms with Crippen LogP contribution in [-0.2, 0) is 16.0 Å². The summed E-state index contributed by atoms with van der Waals surface area (Å²) in [5.41, 5.74) is 1.50. The Labute approximate surface area is 182 Å². The molecule has 0 spiro atoms. The van der Waals surface area contributed by atoms with Gasteiger partial charge >= 0.3 is 6.03 Å². The number of allylic oxidation sites excluding steroid dienone is 1. The number of hydrogen-bond donors (Lipinski definition) is 1. The summed E-state index contributed by atoms with van der Waals surface area (Å²) in [6.07, 6.45) is 3.63. The number of nitrogens with zero attached hydrogens (tertiary/aromatic N) is 1. The van der Waals surface area contributed by atoms with Gasteiger partial charge < -0.3 is 9.47 Å². The highest BCUT2D eigenvalue weighted by atomic mass is 79.9. The quantitative estimate of drug-likeness (QED) is 0.393. The lowest BCUT2D eigenvalue weighted by atomic mass is 10.0. The number of ether oxygens (including phenoxy) is 2. The van der Waals surface area contributed by atoms with Gasteiger partial charge in [0.15, 0.2) is 11.5 Å². The van der Waals surface area contributed by atoms with Gasteiger partial charge in [0.05, 0.1) is 19.9 Å². The zero-order valence-electron chi connectivity index (χ0n) is 16.4. The maximum Gasteiger partial charge on any atom is 0.335 e. The molecule has 30 heavy (non-hydrogen) atoms. The highest BCUT2D eigenvalue weighted by molar-refractivity contribution is 9.10. The van der Waals surface area contributed by atoms with E-state index in [4.69, 9.17) is 9.47 Å². The number of benzene rings is 2. The molecule has 0 saturated carbocycles. The van der Waals surface area contributed by atoms with E-state index in [1.54, 1.807) is 42.5 Å². The fourth-order valence-electron chi connectivity index (χ4n) is 3.11. The van der Waals surface area contributed by atoms with Crippen molar-refractivity contribution in [3.05, 3.63) is 70.2 Å². The minimum Gasteiger partial charge on any atom is -0.493 e. The molecule has 0 unspecified atom stereocenters. The number of anilines is 1. The molecule has 8 heteroatoms. The molecule has 4 amide bonds. The second-order valence-corrected chi connectivity index (χ2v) is 7.26. The molecule has 2 aromatic carbocycles. The summed E-state index contributed by atoms with van der Waals surface area (Å²) in [5, 5.41) is 2.21. The first-order valence-electron chi connectivity index (χ1n) is 8.92. The third-order valence-corrected chi connectivity index (χ3v) is 4.97. The van der Waals surface area contributed by atoms with Crippen LogP contribution in [-0.4, -0.2) is 32.1 Å². The summed E-state index contributed by atoms with van der Waals surface area (Å²) in [5.74, 6) is -0.483. The lowest BCUT2D eigenvalue weighted by Gasteiger charge is -2.26. The van der Waals surface area contributed by atoms with E-state index in [0.717, 1.165) is 14.9 Å². The molecule has 1 aliphatic rings. The van der Waals surface area contributed by atoms with Gasteiger partial charge in [-0.1, -0.05) is 22.0 Å². The van der Waals surface area contributed by atoms with Crippen LogP contribution in [0.2, 0.25) is 0 Å². The van der Waals surface area contributed by atoms with Gasteiger partial charge in [0.1, 0.15) is 5.57 Å². The molecule has 3 rings (SSSR count). The number of urea groups is 1. The largest absolute Gasteiger partial charge is 0.493 e. The molecule has 7 nitrogen and oxygen atoms in total. The van der Waals surface area contributed by atoms with Crippen LogP contribution in [0.1, 0.15) is 11.1 Å². The summed E-state index contributed by atoms with van der Waals surface area (Å²) in [7, 11) is 3.03. The summed E-state index contributed by atoms with van der Waals surface area (Å²) < 4.78 is 11.6. The zero-order chi connectivity index (χ0) is 21.8. The smallest absolute Gasteiger partial charge is 0.335 e. The normalized spacial score (nSPS) is 15.2. The molecule has 1 fully saturated rings. The monoisotopic (exact) mass is 470 g/mol. The molecule has 1 saturated heterocycles. The highest BCUT2D eigenvalue weighted by Gasteiger charge is 2.36. The van der Waals surface area contributed by atoms with Crippen LogP contribution in [0.3, 0.4) is 0 Å². The van der Waals surface area contributed by atoms with E-state index in [1.807, 2.05) is 0 Å². The van der Waals surface area contributed by atoms with E-state index >= 15 is 0 Å². The van der Waals surface area contributed by atoms with Crippen LogP contribution >= 0.6 is 15.9 Å². The van der Waals surface area contributed by atoms with E-state index in [0.29, 0.717) is 29.2 Å². The minimum absolute atomic E-state index is 0.172. The first kappa shape index (κ1) is 21.3. The number of barbiturate groups is 1. The number of halogens is 1. The van der Waals surface area contributed by atoms with Gasteiger partial charge in [-0.2, -0.15) is 0 Å². The number of imide groups is 2. The molecule has 0 atom stereocenters. The van der Waals surface area contributed by atoms with Crippen molar-refractivity contribution < 1.29 is 23.9 Å². The van der Waals surface area contributed by atoms with Gasteiger partial charge in [0, 0.05) is 10.0 Å². The second-order valence-electron chi connectivity index (χ2n) is 6.34. The van der Waals surface area contributed by atoms with Crippen molar-refractivity contribution in [2.24, 2.45) is 0 Å². The van der Waals surface area contributed by atoms with Crippen molar-refractivity contribution in [3.8, 4) is 11.5 Å². The van der Waals surface area contributed by atoms with Crippen molar-refractivity contribution in [2.75, 3.05) is 19.1 Å². The van der Waals surface area contributed by atoms with Gasteiger partial charge in [0.25, 0.3) is 11.8 Å². The van der Waals surface area contributed by atoms with E-state index in [-0.39, 0.29) is 5.57 Å². The Kier molecular flexibility index (Phi) is 6.37. The Hall–Kier alpha value is -3.39. The Bertz CT molecular complexity index is 1060. The third-order valence-electron chi connectivity index (χ3n) is 4.44. The predicted octanol–water partition coefficient (Wildman–Crippen LogP) is 3.86. The summed E-state index contributed by atoms with van der Waals surface area (Å²) >= 11 is 3.31. The number of rotatable bonds is 6. The third kappa shape index (κ3) is 4.13. The lowest BCUT2D eigenvalue weighted by Crippen LogP contribution is -2.54. The fraction of sp³-hybridized carbons (Fsp3) is 0.136. The van der Waals surface area contributed by atoms with Crippen molar-refractivity contribution in [1.82, 2.24) is 5.32 Å². The van der Waals surface area contributed by atoms with E-state index in [2.05, 4.69) is 27.8 Å². The second kappa shape index (κ2) is 8.96. The Morgan fingerprint density at radius 2 is 1.80 bits per heavy atom. The van der Waals surface area contributed by atoms with Crippen LogP contribution in [0.15, 0.2) is 59.1 Å². The van der Waals surface area contributed by atoms with Crippen molar-refractivity contribution in [2.45, 2.75) is 6.42 Å². The Morgan fingerprint density at radius 3 is 2.40 bits per heavy atom. The molecule has 0 aromatic heterocycles. The van der Waals surface area contributed by atoms with E-state index in [9.17, 15) is 14.4 Å². The molecule has 0 radical (unpaired) electrons. The molecule has 1 aliphatic heterocycles. The SMILES string of the molecule is C=CCc1cc(/C=C2/C(=O)NC(=O)N(c3ccc(Br)cc3)C2=O)cc(OC)c1OC. The van der Waals surface area contributed by atoms with E-state index < -0.39 is 17.8 Å². The van der Waals surface area contributed by atoms with Gasteiger partial charge in [-0.25, -0.2) is 9.69 Å². The first-order chi connectivity index (χ1) is 14.4. The molecule has 0 aliphatic carbocycles. The number of methoxy groups -OCH3 is 2. The lowest BCUT2D eigenvalue weighted by molar-refractivity contribution is -0.122. The van der Waals surface area contributed by atoms with Crippen LogP contribution < -0.4 is 19.7 Å². The molecule has 1 N–H and O–H groups in total. The number of carbonyl (C=O) groups excluding carboxylic acids is 3. The fourth-order valence-corrected chi connectivity index (χ4v) is 3.37. The number of carbonyl (C=O) groups is 3. The molecule has 0 bridgehead atoms. The maximum atomic E-state index is 13.0. The molecule has 2 aromatic rings. The average Bonchev–Trinajstić information content (AvgIpc) is 2.72. The topological polar surface area (TPSA) is 84.9 Å². The van der Waals surface area contributed by atoms with Crippen LogP contribution in [0.4, 0.5) is 10.5 Å². The van der Waals surface area contributed by atoms with Gasteiger partial charge in [-0.05, 0) is 54.5 Å². The molecular weight excluding hydrogens is 452 g/mol. The number of nitrogens with one attached hydrogen (secondary N) is 1. The minimum atomic E-state index is -0.802. The van der Waals surface area contributed by atoms with Crippen molar-refractivity contribution in [3.63, 3.8) is 0 Å². The summed E-state index contributed by atoms with van der Waals surface area (Å²) in [6, 6.07) is 9.23. The van der Waals surface area contributed by atoms with Crippen LogP contribution in [0.25, 0.3) is 6.08 Å². The Morgan fingerprint density at radius 1 is 1.10 bits per heavy atom. The van der Waals surface area contributed by atoms with Gasteiger partial charge in [-0.15, -0.1) is 6.58 Å². The zero-order valence-corrected chi connectivity index (χ0v) is 18.0. The molecule has 1 heterocycles. The van der Waals surface area contributed by atoms with Gasteiger partial charge in [0.2, 0.25) is 0 Å². The number of hydrogen-bond acceptors (Lipinski definition) is 5. The van der Waals surface area contributed by atoms with E-state index in [1.165, 1.54) is 20.3 Å². The average molecular weight is 471 g/mol. The Balaban J connectivity index is 2.07. The molecule has 154 valence electrons. The summed E-state index contributed by atoms with van der Waals surface area (Å²) in [4.78, 5) is 38.7. The van der Waals surface area contributed by atoms with Crippen molar-refractivity contribution in [1.29, 1.82) is 0 Å². The number of amides is 4. The van der Waals surface area contributed by atoms with Crippen molar-refractivity contribution >= 4 is 45.5 Å². The predicted molar refractivity (Wildman–Crippen MR) is 117 cm³/mol. The highest BCUT2D eigenvalue weighted by Crippen LogP contribution is 2.34. The maximum absolute atomic E-state index is 13.0. The molecular formula is C22H19BrN2O5. The summed E-state index contributed by atoms with van der Waals surface area (Å²) in [6.45, 7) is 3.74.